The van der Waals surface area contributed by atoms with Gasteiger partial charge in [0.25, 0.3) is 0 Å². The normalized spacial score (nSPS) is 10.2. The maximum absolute atomic E-state index is 5.85. The topological polar surface area (TPSA) is 48.1 Å². The van der Waals surface area contributed by atoms with Gasteiger partial charge in [-0.1, -0.05) is 23.2 Å². The van der Waals surface area contributed by atoms with Crippen LogP contribution in [0.2, 0.25) is 10.0 Å². The van der Waals surface area contributed by atoms with Gasteiger partial charge in [-0.2, -0.15) is 0 Å². The molecule has 1 heterocycles. The number of hydrogen-bond acceptors (Lipinski definition) is 3. The average molecular weight is 221 g/mol. The second-order valence-corrected chi connectivity index (χ2v) is 3.23. The molecule has 13 heavy (non-hydrogen) atoms. The zero-order chi connectivity index (χ0) is 10.0. The minimum Gasteiger partial charge on any atom is -0.477 e. The Kier molecular flexibility index (Phi) is 3.22. The lowest BCUT2D eigenvalue weighted by Crippen LogP contribution is -2.01. The number of aryl methyl sites for hydroxylation is 1. The largest absolute Gasteiger partial charge is 0.477 e. The lowest BCUT2D eigenvalue weighted by Gasteiger charge is -2.09. The summed E-state index contributed by atoms with van der Waals surface area (Å²) in [6.07, 6.45) is 0. The third kappa shape index (κ3) is 1.98. The van der Waals surface area contributed by atoms with Gasteiger partial charge in [-0.3, -0.25) is 0 Å². The molecule has 0 atom stereocenters. The molecule has 1 aromatic rings. The second kappa shape index (κ2) is 4.03. The highest BCUT2D eigenvalue weighted by molar-refractivity contribution is 6.44. The van der Waals surface area contributed by atoms with Crippen LogP contribution in [0.1, 0.15) is 12.6 Å². The molecule has 5 heteroatoms. The van der Waals surface area contributed by atoms with E-state index >= 15 is 0 Å². The van der Waals surface area contributed by atoms with Gasteiger partial charge < -0.3 is 10.5 Å². The van der Waals surface area contributed by atoms with Gasteiger partial charge in [0.05, 0.1) is 23.0 Å². The standard InChI is InChI=1S/C8H10Cl2N2O/c1-3-13-8-6(10)5(9)7(11)4(2)12-8/h3,11H2,1-2H3. The summed E-state index contributed by atoms with van der Waals surface area (Å²) in [6, 6.07) is 0. The Balaban J connectivity index is 3.24. The Morgan fingerprint density at radius 1 is 1.38 bits per heavy atom. The van der Waals surface area contributed by atoms with Crippen LogP contribution in [0.25, 0.3) is 0 Å². The zero-order valence-corrected chi connectivity index (χ0v) is 8.91. The molecule has 0 saturated carbocycles. The number of nitrogens with two attached hydrogens (primary N) is 1. The number of nitrogen functional groups attached to an aromatic ring is 1. The van der Waals surface area contributed by atoms with Crippen LogP contribution in [0.3, 0.4) is 0 Å². The molecule has 0 unspecified atom stereocenters. The van der Waals surface area contributed by atoms with E-state index in [1.807, 2.05) is 6.92 Å². The molecule has 1 aromatic heterocycles. The van der Waals surface area contributed by atoms with E-state index < -0.39 is 0 Å². The SMILES string of the molecule is CCOc1nc(C)c(N)c(Cl)c1Cl. The first-order chi connectivity index (χ1) is 6.07. The minimum absolute atomic E-state index is 0.270. The molecule has 72 valence electrons. The summed E-state index contributed by atoms with van der Waals surface area (Å²) in [5, 5.41) is 0.573. The maximum atomic E-state index is 5.85. The van der Waals surface area contributed by atoms with Crippen LogP contribution in [0.5, 0.6) is 5.88 Å². The first-order valence-electron chi connectivity index (χ1n) is 3.81. The molecule has 0 saturated heterocycles. The van der Waals surface area contributed by atoms with Crippen LogP contribution in [0, 0.1) is 6.92 Å². The molecule has 2 N–H and O–H groups in total. The first-order valence-corrected chi connectivity index (χ1v) is 4.57. The zero-order valence-electron chi connectivity index (χ0n) is 7.40. The fourth-order valence-electron chi connectivity index (χ4n) is 0.865. The van der Waals surface area contributed by atoms with Crippen molar-refractivity contribution in [2.75, 3.05) is 12.3 Å². The van der Waals surface area contributed by atoms with E-state index in [2.05, 4.69) is 4.98 Å². The quantitative estimate of drug-likeness (QED) is 0.834. The highest BCUT2D eigenvalue weighted by Crippen LogP contribution is 2.35. The number of pyridine rings is 1. The number of anilines is 1. The van der Waals surface area contributed by atoms with E-state index in [0.717, 1.165) is 0 Å². The fraction of sp³-hybridized carbons (Fsp3) is 0.375. The predicted molar refractivity (Wildman–Crippen MR) is 54.6 cm³/mol. The highest BCUT2D eigenvalue weighted by Gasteiger charge is 2.13. The van der Waals surface area contributed by atoms with Gasteiger partial charge in [0, 0.05) is 0 Å². The molecule has 0 fully saturated rings. The lowest BCUT2D eigenvalue weighted by molar-refractivity contribution is 0.326. The molecule has 0 bridgehead atoms. The number of hydrogen-bond donors (Lipinski definition) is 1. The van der Waals surface area contributed by atoms with E-state index in [1.165, 1.54) is 0 Å². The van der Waals surface area contributed by atoms with Crippen LogP contribution in [-0.2, 0) is 0 Å². The number of nitrogens with zero attached hydrogens (tertiary/aromatic N) is 1. The Hall–Kier alpha value is -0.670. The lowest BCUT2D eigenvalue weighted by atomic mass is 10.3. The third-order valence-corrected chi connectivity index (χ3v) is 2.40. The summed E-state index contributed by atoms with van der Waals surface area (Å²) in [7, 11) is 0. The van der Waals surface area contributed by atoms with Gasteiger partial charge in [-0.15, -0.1) is 0 Å². The summed E-state index contributed by atoms with van der Waals surface area (Å²) in [5.74, 6) is 0.334. The number of rotatable bonds is 2. The molecule has 0 aliphatic heterocycles. The van der Waals surface area contributed by atoms with E-state index in [-0.39, 0.29) is 5.02 Å². The van der Waals surface area contributed by atoms with E-state index in [4.69, 9.17) is 33.7 Å². The fourth-order valence-corrected chi connectivity index (χ4v) is 1.28. The first kappa shape index (κ1) is 10.4. The Labute approximate surface area is 86.8 Å². The Bertz CT molecular complexity index is 328. The van der Waals surface area contributed by atoms with Crippen LogP contribution in [-0.4, -0.2) is 11.6 Å². The molecule has 0 aromatic carbocycles. The van der Waals surface area contributed by atoms with Crippen molar-refractivity contribution in [1.29, 1.82) is 0 Å². The van der Waals surface area contributed by atoms with Crippen molar-refractivity contribution >= 4 is 28.9 Å². The summed E-state index contributed by atoms with van der Waals surface area (Å²) < 4.78 is 5.17. The molecule has 0 amide bonds. The van der Waals surface area contributed by atoms with Gasteiger partial charge in [0.15, 0.2) is 0 Å². The smallest absolute Gasteiger partial charge is 0.234 e. The maximum Gasteiger partial charge on any atom is 0.234 e. The summed E-state index contributed by atoms with van der Waals surface area (Å²) in [6.45, 7) is 4.09. The monoisotopic (exact) mass is 220 g/mol. The molecule has 0 radical (unpaired) electrons. The van der Waals surface area contributed by atoms with Crippen LogP contribution >= 0.6 is 23.2 Å². The van der Waals surface area contributed by atoms with Crippen LogP contribution in [0.4, 0.5) is 5.69 Å². The summed E-state index contributed by atoms with van der Waals surface area (Å²) in [4.78, 5) is 4.06. The highest BCUT2D eigenvalue weighted by atomic mass is 35.5. The summed E-state index contributed by atoms with van der Waals surface area (Å²) >= 11 is 11.7. The summed E-state index contributed by atoms with van der Waals surface area (Å²) in [5.41, 5.74) is 6.63. The van der Waals surface area contributed by atoms with E-state index in [9.17, 15) is 0 Å². The Morgan fingerprint density at radius 2 is 2.00 bits per heavy atom. The molecular formula is C8H10Cl2N2O. The molecular weight excluding hydrogens is 211 g/mol. The van der Waals surface area contributed by atoms with Crippen LogP contribution in [0.15, 0.2) is 0 Å². The van der Waals surface area contributed by atoms with Gasteiger partial charge in [-0.25, -0.2) is 4.98 Å². The third-order valence-electron chi connectivity index (χ3n) is 1.56. The molecule has 0 spiro atoms. The number of halogens is 2. The second-order valence-electron chi connectivity index (χ2n) is 2.48. The van der Waals surface area contributed by atoms with Crippen molar-refractivity contribution in [3.8, 4) is 5.88 Å². The number of aromatic nitrogens is 1. The van der Waals surface area contributed by atoms with Crippen molar-refractivity contribution in [2.45, 2.75) is 13.8 Å². The van der Waals surface area contributed by atoms with Gasteiger partial charge >= 0.3 is 0 Å². The van der Waals surface area contributed by atoms with E-state index in [0.29, 0.717) is 28.9 Å². The number of ether oxygens (including phenoxy) is 1. The molecule has 3 nitrogen and oxygen atoms in total. The van der Waals surface area contributed by atoms with Crippen molar-refractivity contribution in [1.82, 2.24) is 4.98 Å². The molecule has 0 aliphatic rings. The van der Waals surface area contributed by atoms with Gasteiger partial charge in [0.2, 0.25) is 5.88 Å². The van der Waals surface area contributed by atoms with Crippen molar-refractivity contribution < 1.29 is 4.74 Å². The minimum atomic E-state index is 0.270. The van der Waals surface area contributed by atoms with Gasteiger partial charge in [-0.05, 0) is 13.8 Å². The molecule has 1 rings (SSSR count). The predicted octanol–water partition coefficient (Wildman–Crippen LogP) is 2.68. The Morgan fingerprint density at radius 3 is 2.54 bits per heavy atom. The van der Waals surface area contributed by atoms with Crippen molar-refractivity contribution in [3.05, 3.63) is 15.7 Å². The van der Waals surface area contributed by atoms with E-state index in [1.54, 1.807) is 6.92 Å². The average Bonchev–Trinajstić information content (AvgIpc) is 2.11. The van der Waals surface area contributed by atoms with Crippen molar-refractivity contribution in [2.24, 2.45) is 0 Å². The van der Waals surface area contributed by atoms with Crippen molar-refractivity contribution in [3.63, 3.8) is 0 Å². The van der Waals surface area contributed by atoms with Gasteiger partial charge in [0.1, 0.15) is 5.02 Å². The molecule has 0 aliphatic carbocycles. The van der Waals surface area contributed by atoms with Crippen LogP contribution < -0.4 is 10.5 Å².